The molecule has 0 fully saturated rings. The van der Waals surface area contributed by atoms with Crippen LogP contribution >= 0.6 is 0 Å². The SMILES string of the molecule is CC(=O)c1ccc(OCCCC(=O)NNC(=O)Cc2c[nH]c3ccccc23)cc1. The van der Waals surface area contributed by atoms with Crippen LogP contribution in [0.3, 0.4) is 0 Å². The van der Waals surface area contributed by atoms with Crippen molar-refractivity contribution >= 4 is 28.5 Å². The second-order valence-electron chi connectivity index (χ2n) is 6.67. The molecule has 0 saturated carbocycles. The molecular weight excluding hydrogens is 370 g/mol. The third kappa shape index (κ3) is 5.68. The molecule has 0 aliphatic heterocycles. The van der Waals surface area contributed by atoms with E-state index in [4.69, 9.17) is 4.74 Å². The number of aromatic amines is 1. The molecule has 7 heteroatoms. The molecule has 0 unspecified atom stereocenters. The Morgan fingerprint density at radius 2 is 1.69 bits per heavy atom. The summed E-state index contributed by atoms with van der Waals surface area (Å²) in [7, 11) is 0. The van der Waals surface area contributed by atoms with Crippen LogP contribution in [0.4, 0.5) is 0 Å². The Balaban J connectivity index is 1.34. The van der Waals surface area contributed by atoms with Crippen molar-refractivity contribution in [3.05, 3.63) is 65.9 Å². The van der Waals surface area contributed by atoms with Crippen molar-refractivity contribution in [3.8, 4) is 5.75 Å². The standard InChI is InChI=1S/C22H23N3O4/c1-15(26)16-8-10-18(11-9-16)29-12-4-7-21(27)24-25-22(28)13-17-14-23-20-6-3-2-5-19(17)20/h2-3,5-6,8-11,14,23H,4,7,12-13H2,1H3,(H,24,27)(H,25,28). The molecule has 0 aliphatic carbocycles. The number of ether oxygens (including phenoxy) is 1. The zero-order valence-corrected chi connectivity index (χ0v) is 16.2. The molecule has 2 aromatic carbocycles. The number of hydrogen-bond donors (Lipinski definition) is 3. The number of rotatable bonds is 8. The van der Waals surface area contributed by atoms with Crippen LogP contribution in [0.25, 0.3) is 10.9 Å². The molecule has 3 aromatic rings. The van der Waals surface area contributed by atoms with Gasteiger partial charge in [-0.3, -0.25) is 25.2 Å². The fourth-order valence-corrected chi connectivity index (χ4v) is 2.91. The predicted octanol–water partition coefficient (Wildman–Crippen LogP) is 2.92. The molecule has 3 N–H and O–H groups in total. The summed E-state index contributed by atoms with van der Waals surface area (Å²) in [5, 5.41) is 0.988. The van der Waals surface area contributed by atoms with Gasteiger partial charge in [-0.05, 0) is 49.2 Å². The topological polar surface area (TPSA) is 100 Å². The maximum atomic E-state index is 12.1. The van der Waals surface area contributed by atoms with E-state index in [0.29, 0.717) is 24.3 Å². The number of hydrogen-bond acceptors (Lipinski definition) is 4. The van der Waals surface area contributed by atoms with Crippen LogP contribution in [0.2, 0.25) is 0 Å². The number of ketones is 1. The minimum atomic E-state index is -0.287. The molecule has 29 heavy (non-hydrogen) atoms. The number of amides is 2. The molecule has 0 atom stereocenters. The van der Waals surface area contributed by atoms with Gasteiger partial charge in [0.2, 0.25) is 11.8 Å². The van der Waals surface area contributed by atoms with Crippen LogP contribution in [0.5, 0.6) is 5.75 Å². The highest BCUT2D eigenvalue weighted by Crippen LogP contribution is 2.18. The Hall–Kier alpha value is -3.61. The van der Waals surface area contributed by atoms with Gasteiger partial charge in [0.25, 0.3) is 0 Å². The van der Waals surface area contributed by atoms with Gasteiger partial charge in [-0.15, -0.1) is 0 Å². The van der Waals surface area contributed by atoms with E-state index < -0.39 is 0 Å². The van der Waals surface area contributed by atoms with E-state index in [2.05, 4.69) is 15.8 Å². The lowest BCUT2D eigenvalue weighted by Gasteiger charge is -2.08. The summed E-state index contributed by atoms with van der Waals surface area (Å²) in [6.45, 7) is 1.86. The summed E-state index contributed by atoms with van der Waals surface area (Å²) in [5.41, 5.74) is 7.32. The second kappa shape index (κ2) is 9.54. The van der Waals surface area contributed by atoms with Crippen LogP contribution < -0.4 is 15.6 Å². The van der Waals surface area contributed by atoms with Gasteiger partial charge in [0.15, 0.2) is 5.78 Å². The molecule has 1 aromatic heterocycles. The van der Waals surface area contributed by atoms with Crippen LogP contribution in [-0.2, 0) is 16.0 Å². The number of benzene rings is 2. The number of aromatic nitrogens is 1. The molecule has 3 rings (SSSR count). The Labute approximate surface area is 168 Å². The first-order chi connectivity index (χ1) is 14.0. The quantitative estimate of drug-likeness (QED) is 0.311. The van der Waals surface area contributed by atoms with E-state index in [9.17, 15) is 14.4 Å². The summed E-state index contributed by atoms with van der Waals surface area (Å²) in [4.78, 5) is 38.3. The summed E-state index contributed by atoms with van der Waals surface area (Å²) < 4.78 is 5.55. The lowest BCUT2D eigenvalue weighted by Crippen LogP contribution is -2.42. The van der Waals surface area contributed by atoms with Gasteiger partial charge in [-0.1, -0.05) is 18.2 Å². The lowest BCUT2D eigenvalue weighted by atomic mass is 10.1. The first-order valence-corrected chi connectivity index (χ1v) is 9.39. The highest BCUT2D eigenvalue weighted by atomic mass is 16.5. The third-order valence-corrected chi connectivity index (χ3v) is 4.45. The minimum absolute atomic E-state index is 0.0000353. The molecule has 0 aliphatic rings. The van der Waals surface area contributed by atoms with E-state index in [-0.39, 0.29) is 30.4 Å². The molecule has 0 bridgehead atoms. The minimum Gasteiger partial charge on any atom is -0.494 e. The van der Waals surface area contributed by atoms with Gasteiger partial charge in [-0.2, -0.15) is 0 Å². The van der Waals surface area contributed by atoms with E-state index in [1.807, 2.05) is 24.3 Å². The smallest absolute Gasteiger partial charge is 0.242 e. The van der Waals surface area contributed by atoms with E-state index >= 15 is 0 Å². The first kappa shape index (κ1) is 20.1. The zero-order chi connectivity index (χ0) is 20.6. The van der Waals surface area contributed by atoms with Crippen molar-refractivity contribution in [1.82, 2.24) is 15.8 Å². The third-order valence-electron chi connectivity index (χ3n) is 4.45. The van der Waals surface area contributed by atoms with Crippen molar-refractivity contribution in [2.24, 2.45) is 0 Å². The summed E-state index contributed by atoms with van der Waals surface area (Å²) in [6, 6.07) is 14.6. The van der Waals surface area contributed by atoms with E-state index in [1.54, 1.807) is 30.5 Å². The number of fused-ring (bicyclic) bond motifs is 1. The lowest BCUT2D eigenvalue weighted by molar-refractivity contribution is -0.128. The first-order valence-electron chi connectivity index (χ1n) is 9.39. The van der Waals surface area contributed by atoms with Crippen molar-refractivity contribution in [2.45, 2.75) is 26.2 Å². The average molecular weight is 393 g/mol. The molecule has 0 spiro atoms. The maximum Gasteiger partial charge on any atom is 0.242 e. The Morgan fingerprint density at radius 1 is 0.966 bits per heavy atom. The number of carbonyl (C=O) groups excluding carboxylic acids is 3. The zero-order valence-electron chi connectivity index (χ0n) is 16.2. The van der Waals surface area contributed by atoms with Crippen molar-refractivity contribution in [3.63, 3.8) is 0 Å². The monoisotopic (exact) mass is 393 g/mol. The fraction of sp³-hybridized carbons (Fsp3) is 0.227. The van der Waals surface area contributed by atoms with Gasteiger partial charge in [0, 0.05) is 29.1 Å². The number of nitrogens with one attached hydrogen (secondary N) is 3. The fourth-order valence-electron chi connectivity index (χ4n) is 2.91. The summed E-state index contributed by atoms with van der Waals surface area (Å²) in [5.74, 6) is 0.0696. The Bertz CT molecular complexity index is 1010. The van der Waals surface area contributed by atoms with E-state index in [0.717, 1.165) is 16.5 Å². The van der Waals surface area contributed by atoms with Crippen molar-refractivity contribution in [1.29, 1.82) is 0 Å². The van der Waals surface area contributed by atoms with Gasteiger partial charge in [0.1, 0.15) is 5.75 Å². The number of H-pyrrole nitrogens is 1. The number of Topliss-reactive ketones (excluding diaryl/α,β-unsaturated/α-hetero) is 1. The van der Waals surface area contributed by atoms with Crippen molar-refractivity contribution in [2.75, 3.05) is 6.61 Å². The number of para-hydroxylation sites is 1. The van der Waals surface area contributed by atoms with Crippen LogP contribution in [-0.4, -0.2) is 29.2 Å². The Kier molecular flexibility index (Phi) is 6.63. The second-order valence-corrected chi connectivity index (χ2v) is 6.67. The van der Waals surface area contributed by atoms with Crippen LogP contribution in [0, 0.1) is 0 Å². The molecule has 1 heterocycles. The highest BCUT2D eigenvalue weighted by molar-refractivity contribution is 5.94. The van der Waals surface area contributed by atoms with Gasteiger partial charge in [-0.25, -0.2) is 0 Å². The van der Waals surface area contributed by atoms with Gasteiger partial charge < -0.3 is 9.72 Å². The van der Waals surface area contributed by atoms with Crippen LogP contribution in [0.1, 0.15) is 35.7 Å². The average Bonchev–Trinajstić information content (AvgIpc) is 3.13. The van der Waals surface area contributed by atoms with Crippen molar-refractivity contribution < 1.29 is 19.1 Å². The largest absolute Gasteiger partial charge is 0.494 e. The van der Waals surface area contributed by atoms with Gasteiger partial charge >= 0.3 is 0 Å². The molecular formula is C22H23N3O4. The summed E-state index contributed by atoms with van der Waals surface area (Å²) in [6.07, 6.45) is 2.69. The molecule has 0 radical (unpaired) electrons. The molecule has 0 saturated heterocycles. The highest BCUT2D eigenvalue weighted by Gasteiger charge is 2.09. The molecule has 150 valence electrons. The Morgan fingerprint density at radius 3 is 2.45 bits per heavy atom. The van der Waals surface area contributed by atoms with E-state index in [1.165, 1.54) is 6.92 Å². The molecule has 7 nitrogen and oxygen atoms in total. The van der Waals surface area contributed by atoms with Crippen LogP contribution in [0.15, 0.2) is 54.7 Å². The maximum absolute atomic E-state index is 12.1. The molecule has 2 amide bonds. The summed E-state index contributed by atoms with van der Waals surface area (Å²) >= 11 is 0. The van der Waals surface area contributed by atoms with Gasteiger partial charge in [0.05, 0.1) is 13.0 Å². The predicted molar refractivity (Wildman–Crippen MR) is 109 cm³/mol. The number of carbonyl (C=O) groups is 3. The number of hydrazine groups is 1. The normalized spacial score (nSPS) is 10.5.